The number of fused-ring (bicyclic) bond motifs is 6. The lowest BCUT2D eigenvalue weighted by atomic mass is 9.77. The number of hydrogen-bond acceptors (Lipinski definition) is 7. The van der Waals surface area contributed by atoms with E-state index in [4.69, 9.17) is 4.74 Å². The minimum absolute atomic E-state index is 0.00759. The van der Waals surface area contributed by atoms with Gasteiger partial charge in [-0.25, -0.2) is 4.79 Å². The highest BCUT2D eigenvalue weighted by Crippen LogP contribution is 2.52. The molecule has 31 heavy (non-hydrogen) atoms. The summed E-state index contributed by atoms with van der Waals surface area (Å²) < 4.78 is 5.70. The Bertz CT molecular complexity index is 1230. The molecule has 0 radical (unpaired) electrons. The Balaban J connectivity index is 1.87. The second-order valence-electron chi connectivity index (χ2n) is 8.36. The lowest BCUT2D eigenvalue weighted by Gasteiger charge is -2.39. The van der Waals surface area contributed by atoms with Gasteiger partial charge in [-0.1, -0.05) is 32.4 Å². The van der Waals surface area contributed by atoms with Gasteiger partial charge in [0.25, 0.3) is 0 Å². The van der Waals surface area contributed by atoms with E-state index in [9.17, 15) is 24.6 Å². The zero-order valence-corrected chi connectivity index (χ0v) is 17.3. The highest BCUT2D eigenvalue weighted by molar-refractivity contribution is 6.41. The molecule has 0 aromatic heterocycles. The van der Waals surface area contributed by atoms with Gasteiger partial charge in [0.1, 0.15) is 23.2 Å². The third-order valence-corrected chi connectivity index (χ3v) is 6.46. The maximum absolute atomic E-state index is 13.7. The topological polar surface area (TPSA) is 104 Å². The monoisotopic (exact) mass is 419 g/mol. The summed E-state index contributed by atoms with van der Waals surface area (Å²) in [6.07, 6.45) is -0.281. The number of phenolic OH excluding ortho intramolecular Hbond substituents is 2. The van der Waals surface area contributed by atoms with Gasteiger partial charge in [-0.15, -0.1) is 0 Å². The van der Waals surface area contributed by atoms with Crippen LogP contribution in [0.2, 0.25) is 0 Å². The molecule has 0 bridgehead atoms. The van der Waals surface area contributed by atoms with Crippen molar-refractivity contribution >= 4 is 23.1 Å². The number of Topliss-reactive ketones (excluding diaryl/α,β-unsaturated/α-hetero) is 2. The molecule has 3 atom stereocenters. The van der Waals surface area contributed by atoms with Gasteiger partial charge in [0.2, 0.25) is 12.0 Å². The molecule has 2 aliphatic heterocycles. The van der Waals surface area contributed by atoms with E-state index >= 15 is 0 Å². The summed E-state index contributed by atoms with van der Waals surface area (Å²) in [6, 6.07) is 6.84. The predicted octanol–water partition coefficient (Wildman–Crippen LogP) is 3.48. The lowest BCUT2D eigenvalue weighted by molar-refractivity contribution is -0.143. The Labute approximate surface area is 178 Å². The number of ether oxygens (including phenoxy) is 1. The molecule has 0 amide bonds. The molecule has 2 aromatic carbocycles. The fourth-order valence-electron chi connectivity index (χ4n) is 4.88. The Morgan fingerprint density at radius 2 is 1.81 bits per heavy atom. The van der Waals surface area contributed by atoms with Gasteiger partial charge in [0.15, 0.2) is 5.78 Å². The fourth-order valence-corrected chi connectivity index (χ4v) is 4.88. The Hall–Kier alpha value is -3.61. The quantitative estimate of drug-likeness (QED) is 0.718. The maximum atomic E-state index is 13.7. The van der Waals surface area contributed by atoms with Crippen LogP contribution in [0.3, 0.4) is 0 Å². The maximum Gasteiger partial charge on any atom is 0.331 e. The van der Waals surface area contributed by atoms with E-state index in [0.717, 1.165) is 5.56 Å². The molecule has 1 saturated heterocycles. The summed E-state index contributed by atoms with van der Waals surface area (Å²) in [5.41, 5.74) is 1.41. The molecule has 5 rings (SSSR count). The van der Waals surface area contributed by atoms with Gasteiger partial charge in [-0.3, -0.25) is 9.59 Å². The summed E-state index contributed by atoms with van der Waals surface area (Å²) in [6.45, 7) is 5.61. The number of rotatable bonds is 2. The number of benzene rings is 2. The van der Waals surface area contributed by atoms with E-state index < -0.39 is 29.8 Å². The van der Waals surface area contributed by atoms with Crippen LogP contribution in [-0.2, 0) is 9.53 Å². The summed E-state index contributed by atoms with van der Waals surface area (Å²) in [7, 11) is 0. The first-order valence-corrected chi connectivity index (χ1v) is 10.2. The second kappa shape index (κ2) is 6.44. The van der Waals surface area contributed by atoms with Crippen molar-refractivity contribution in [3.05, 3.63) is 63.8 Å². The van der Waals surface area contributed by atoms with Crippen LogP contribution in [0.4, 0.5) is 0 Å². The first-order chi connectivity index (χ1) is 14.8. The lowest BCUT2D eigenvalue weighted by Crippen LogP contribution is -2.45. The van der Waals surface area contributed by atoms with Crippen molar-refractivity contribution in [1.82, 2.24) is 4.90 Å². The van der Waals surface area contributed by atoms with Crippen molar-refractivity contribution in [1.29, 1.82) is 0 Å². The average molecular weight is 419 g/mol. The molecule has 158 valence electrons. The first kappa shape index (κ1) is 19.4. The van der Waals surface area contributed by atoms with Crippen molar-refractivity contribution in [3.8, 4) is 11.5 Å². The molecular formula is C24H21NO6. The molecule has 0 spiro atoms. The van der Waals surface area contributed by atoms with Crippen molar-refractivity contribution in [3.63, 3.8) is 0 Å². The molecule has 7 nitrogen and oxygen atoms in total. The number of aryl methyl sites for hydroxylation is 1. The smallest absolute Gasteiger partial charge is 0.331 e. The van der Waals surface area contributed by atoms with E-state index in [1.165, 1.54) is 24.3 Å². The zero-order valence-electron chi connectivity index (χ0n) is 17.3. The number of ketones is 2. The Kier molecular flexibility index (Phi) is 4.02. The number of esters is 1. The Morgan fingerprint density at radius 1 is 1.06 bits per heavy atom. The number of carbonyl (C=O) groups excluding carboxylic acids is 3. The van der Waals surface area contributed by atoms with Crippen LogP contribution >= 0.6 is 0 Å². The van der Waals surface area contributed by atoms with E-state index in [2.05, 4.69) is 0 Å². The van der Waals surface area contributed by atoms with Crippen molar-refractivity contribution in [2.75, 3.05) is 0 Å². The van der Waals surface area contributed by atoms with Gasteiger partial charge in [-0.2, -0.15) is 0 Å². The van der Waals surface area contributed by atoms with E-state index in [0.29, 0.717) is 12.0 Å². The third kappa shape index (κ3) is 2.43. The van der Waals surface area contributed by atoms with Crippen LogP contribution in [0.5, 0.6) is 11.5 Å². The number of hydrogen-bond donors (Lipinski definition) is 2. The third-order valence-electron chi connectivity index (χ3n) is 6.46. The number of nitrogens with zero attached hydrogens (tertiary/aromatic N) is 1. The number of aromatic hydroxyl groups is 2. The van der Waals surface area contributed by atoms with Crippen molar-refractivity contribution in [2.45, 2.75) is 39.5 Å². The Morgan fingerprint density at radius 3 is 2.52 bits per heavy atom. The van der Waals surface area contributed by atoms with Gasteiger partial charge in [-0.05, 0) is 36.6 Å². The summed E-state index contributed by atoms with van der Waals surface area (Å²) in [5, 5.41) is 21.2. The highest BCUT2D eigenvalue weighted by atomic mass is 16.6. The summed E-state index contributed by atoms with van der Waals surface area (Å²) >= 11 is 0. The van der Waals surface area contributed by atoms with Crippen molar-refractivity contribution < 1.29 is 29.3 Å². The molecule has 1 aliphatic carbocycles. The van der Waals surface area contributed by atoms with E-state index in [1.807, 2.05) is 13.8 Å². The van der Waals surface area contributed by atoms with Gasteiger partial charge < -0.3 is 19.8 Å². The van der Waals surface area contributed by atoms with Crippen LogP contribution in [0.15, 0.2) is 36.0 Å². The number of phenols is 2. The SMILES string of the molecule is CC[C@H](C)[C@H]1C(=O)OC2c3cc(C)cc(O)c3C3=C(C(=O)c4c(O)cccc4C3=O)N21. The molecule has 2 heterocycles. The molecule has 2 aromatic rings. The van der Waals surface area contributed by atoms with Crippen LogP contribution < -0.4 is 0 Å². The minimum atomic E-state index is -0.935. The highest BCUT2D eigenvalue weighted by Gasteiger charge is 2.54. The minimum Gasteiger partial charge on any atom is -0.507 e. The molecule has 3 aliphatic rings. The van der Waals surface area contributed by atoms with Crippen LogP contribution in [0, 0.1) is 12.8 Å². The summed E-state index contributed by atoms with van der Waals surface area (Å²) in [5.74, 6) is -2.14. The number of carbonyl (C=O) groups is 3. The first-order valence-electron chi connectivity index (χ1n) is 10.2. The van der Waals surface area contributed by atoms with Crippen LogP contribution in [-0.4, -0.2) is 38.7 Å². The number of allylic oxidation sites excluding steroid dienone is 2. The molecule has 1 unspecified atom stereocenters. The van der Waals surface area contributed by atoms with E-state index in [1.54, 1.807) is 17.9 Å². The van der Waals surface area contributed by atoms with Gasteiger partial charge in [0, 0.05) is 16.7 Å². The molecule has 1 fully saturated rings. The molecular weight excluding hydrogens is 398 g/mol. The predicted molar refractivity (Wildman–Crippen MR) is 110 cm³/mol. The van der Waals surface area contributed by atoms with Gasteiger partial charge >= 0.3 is 5.97 Å². The average Bonchev–Trinajstić information content (AvgIpc) is 3.07. The van der Waals surface area contributed by atoms with E-state index in [-0.39, 0.29) is 45.4 Å². The second-order valence-corrected chi connectivity index (χ2v) is 8.36. The molecule has 2 N–H and O–H groups in total. The van der Waals surface area contributed by atoms with Crippen molar-refractivity contribution in [2.24, 2.45) is 5.92 Å². The molecule has 0 saturated carbocycles. The summed E-state index contributed by atoms with van der Waals surface area (Å²) in [4.78, 5) is 41.7. The normalized spacial score (nSPS) is 22.5. The zero-order chi connectivity index (χ0) is 22.2. The van der Waals surface area contributed by atoms with Gasteiger partial charge in [0.05, 0.1) is 11.1 Å². The van der Waals surface area contributed by atoms with Crippen LogP contribution in [0.25, 0.3) is 5.57 Å². The largest absolute Gasteiger partial charge is 0.507 e. The van der Waals surface area contributed by atoms with Crippen LogP contribution in [0.1, 0.15) is 63.9 Å². The standard InChI is InChI=1S/C24H21NO6/c1-4-11(3)19-24(30)31-23-13-8-10(2)9-15(27)16(13)18-20(25(19)23)22(29)17-12(21(18)28)6-5-7-14(17)26/h5-9,11,19,23,26-27H,4H2,1-3H3/t11-,19-,23?/m0/s1. The molecule has 7 heteroatoms. The fraction of sp³-hybridized carbons (Fsp3) is 0.292.